The number of hydrogen-bond donors (Lipinski definition) is 2. The minimum atomic E-state index is -4.66. The topological polar surface area (TPSA) is 135 Å². The molecule has 0 fully saturated rings. The molecule has 4 heterocycles. The standard InChI is InChI=1S/C23H16ClF3N4O2.C15H14N4O/c1-31-13-15(12-29-31)21-11-18(8-9-28-21)33-17-5-3-16(4-6-17)30-22(32)14-2-7-20(24)19(10-14)23(25,26)27;1-19-10-11(9-18-19)15-8-14(6-7-17-15)20-13-4-2-12(16)3-5-13/h2-13H,1H3,(H,30,32);2-10H,16H2,1H3. The highest BCUT2D eigenvalue weighted by Gasteiger charge is 2.33. The average molecular weight is 739 g/mol. The van der Waals surface area contributed by atoms with Crippen LogP contribution in [-0.2, 0) is 20.3 Å². The Labute approximate surface area is 306 Å². The summed E-state index contributed by atoms with van der Waals surface area (Å²) in [5.74, 6) is 1.83. The molecule has 0 radical (unpaired) electrons. The van der Waals surface area contributed by atoms with E-state index in [-0.39, 0.29) is 5.56 Å². The Morgan fingerprint density at radius 3 is 1.70 bits per heavy atom. The van der Waals surface area contributed by atoms with Crippen molar-refractivity contribution < 1.29 is 27.4 Å². The van der Waals surface area contributed by atoms with Crippen LogP contribution >= 0.6 is 11.6 Å². The molecule has 7 aromatic rings. The molecule has 0 spiro atoms. The zero-order chi connectivity index (χ0) is 37.5. The highest BCUT2D eigenvalue weighted by molar-refractivity contribution is 6.31. The van der Waals surface area contributed by atoms with Crippen molar-refractivity contribution in [2.24, 2.45) is 14.1 Å². The Kier molecular flexibility index (Phi) is 10.7. The van der Waals surface area contributed by atoms with Gasteiger partial charge in [-0.25, -0.2) is 0 Å². The second kappa shape index (κ2) is 15.7. The van der Waals surface area contributed by atoms with Crippen LogP contribution in [0.5, 0.6) is 23.0 Å². The molecule has 0 aliphatic carbocycles. The van der Waals surface area contributed by atoms with Gasteiger partial charge in [-0.15, -0.1) is 0 Å². The minimum absolute atomic E-state index is 0.160. The number of nitrogens with two attached hydrogens (primary N) is 1. The highest BCUT2D eigenvalue weighted by atomic mass is 35.5. The van der Waals surface area contributed by atoms with E-state index in [1.807, 2.05) is 50.8 Å². The maximum Gasteiger partial charge on any atom is 0.417 e. The minimum Gasteiger partial charge on any atom is -0.457 e. The lowest BCUT2D eigenvalue weighted by molar-refractivity contribution is -0.137. The largest absolute Gasteiger partial charge is 0.457 e. The average Bonchev–Trinajstić information content (AvgIpc) is 3.78. The number of alkyl halides is 3. The van der Waals surface area contributed by atoms with Gasteiger partial charge in [0.25, 0.3) is 5.91 Å². The van der Waals surface area contributed by atoms with Gasteiger partial charge in [-0.1, -0.05) is 11.6 Å². The van der Waals surface area contributed by atoms with Gasteiger partial charge in [-0.05, 0) is 78.9 Å². The number of ether oxygens (including phenoxy) is 2. The number of nitrogens with zero attached hydrogens (tertiary/aromatic N) is 6. The van der Waals surface area contributed by atoms with E-state index in [2.05, 4.69) is 25.5 Å². The predicted molar refractivity (Wildman–Crippen MR) is 195 cm³/mol. The monoisotopic (exact) mass is 738 g/mol. The van der Waals surface area contributed by atoms with Crippen LogP contribution in [0.25, 0.3) is 22.5 Å². The van der Waals surface area contributed by atoms with E-state index in [0.29, 0.717) is 28.6 Å². The number of pyridine rings is 2. The lowest BCUT2D eigenvalue weighted by Crippen LogP contribution is -2.14. The van der Waals surface area contributed by atoms with Crippen molar-refractivity contribution >= 4 is 28.9 Å². The number of carbonyl (C=O) groups excluding carboxylic acids is 1. The van der Waals surface area contributed by atoms with Gasteiger partial charge in [0, 0.05) is 79.1 Å². The summed E-state index contributed by atoms with van der Waals surface area (Å²) >= 11 is 5.60. The number of nitrogens with one attached hydrogen (secondary N) is 1. The van der Waals surface area contributed by atoms with Gasteiger partial charge < -0.3 is 20.5 Å². The SMILES string of the molecule is Cn1cc(-c2cc(Oc3ccc(N)cc3)ccn2)cn1.Cn1cc(-c2cc(Oc3ccc(NC(=O)c4ccc(Cl)c(C(F)(F)F)c4)cc3)ccn2)cn1. The van der Waals surface area contributed by atoms with Gasteiger partial charge in [0.2, 0.25) is 0 Å². The van der Waals surface area contributed by atoms with E-state index in [0.717, 1.165) is 40.5 Å². The molecule has 0 aliphatic heterocycles. The smallest absolute Gasteiger partial charge is 0.417 e. The molecule has 0 saturated carbocycles. The molecule has 4 aromatic heterocycles. The first-order valence-corrected chi connectivity index (χ1v) is 16.2. The Morgan fingerprint density at radius 2 is 1.23 bits per heavy atom. The Morgan fingerprint density at radius 1 is 0.717 bits per heavy atom. The molecule has 7 rings (SSSR count). The molecule has 15 heteroatoms. The third-order valence-electron chi connectivity index (χ3n) is 7.46. The van der Waals surface area contributed by atoms with E-state index < -0.39 is 22.7 Å². The van der Waals surface area contributed by atoms with Crippen molar-refractivity contribution in [2.45, 2.75) is 6.18 Å². The van der Waals surface area contributed by atoms with Gasteiger partial charge in [0.1, 0.15) is 23.0 Å². The van der Waals surface area contributed by atoms with Crippen molar-refractivity contribution in [3.05, 3.63) is 144 Å². The van der Waals surface area contributed by atoms with Gasteiger partial charge in [-0.3, -0.25) is 24.1 Å². The molecule has 0 atom stereocenters. The molecule has 1 amide bonds. The summed E-state index contributed by atoms with van der Waals surface area (Å²) in [5, 5.41) is 10.3. The summed E-state index contributed by atoms with van der Waals surface area (Å²) in [6.45, 7) is 0. The van der Waals surface area contributed by atoms with E-state index in [1.165, 1.54) is 6.07 Å². The maximum absolute atomic E-state index is 13.0. The summed E-state index contributed by atoms with van der Waals surface area (Å²) in [6.07, 6.45) is 5.90. The van der Waals surface area contributed by atoms with E-state index in [4.69, 9.17) is 26.8 Å². The Hall–Kier alpha value is -6.67. The number of nitrogen functional groups attached to an aromatic ring is 1. The number of aryl methyl sites for hydroxylation is 2. The van der Waals surface area contributed by atoms with Crippen LogP contribution in [0.3, 0.4) is 0 Å². The van der Waals surface area contributed by atoms with Crippen LogP contribution in [0.2, 0.25) is 5.02 Å². The van der Waals surface area contributed by atoms with Gasteiger partial charge >= 0.3 is 6.18 Å². The molecular formula is C38H30ClF3N8O3. The second-order valence-corrected chi connectivity index (χ2v) is 11.9. The van der Waals surface area contributed by atoms with Crippen LogP contribution in [0.15, 0.2) is 128 Å². The molecule has 0 saturated heterocycles. The molecule has 0 aliphatic rings. The van der Waals surface area contributed by atoms with E-state index in [9.17, 15) is 18.0 Å². The summed E-state index contributed by atoms with van der Waals surface area (Å²) < 4.78 is 54.1. The number of carbonyl (C=O) groups is 1. The molecule has 0 bridgehead atoms. The third-order valence-corrected chi connectivity index (χ3v) is 7.79. The third kappa shape index (κ3) is 9.56. The first-order valence-electron chi connectivity index (χ1n) is 15.8. The van der Waals surface area contributed by atoms with Crippen molar-refractivity contribution in [2.75, 3.05) is 11.1 Å². The molecule has 0 unspecified atom stereocenters. The maximum atomic E-state index is 13.0. The number of halogens is 4. The zero-order valence-corrected chi connectivity index (χ0v) is 28.9. The lowest BCUT2D eigenvalue weighted by atomic mass is 10.1. The van der Waals surface area contributed by atoms with Crippen molar-refractivity contribution in [1.29, 1.82) is 0 Å². The fourth-order valence-corrected chi connectivity index (χ4v) is 5.10. The fourth-order valence-electron chi connectivity index (χ4n) is 4.87. The van der Waals surface area contributed by atoms with Crippen molar-refractivity contribution in [3.63, 3.8) is 0 Å². The molecule has 11 nitrogen and oxygen atoms in total. The van der Waals surface area contributed by atoms with E-state index in [1.54, 1.807) is 82.7 Å². The van der Waals surface area contributed by atoms with Crippen LogP contribution in [0.4, 0.5) is 24.5 Å². The quantitative estimate of drug-likeness (QED) is 0.148. The zero-order valence-electron chi connectivity index (χ0n) is 28.1. The molecule has 3 aromatic carbocycles. The summed E-state index contributed by atoms with van der Waals surface area (Å²) in [6, 6.07) is 23.9. The number of aromatic nitrogens is 6. The molecular weight excluding hydrogens is 709 g/mol. The number of amides is 1. The normalized spacial score (nSPS) is 11.0. The van der Waals surface area contributed by atoms with Crippen LogP contribution in [0, 0.1) is 0 Å². The Bertz CT molecular complexity index is 2340. The first kappa shape index (κ1) is 36.1. The first-order chi connectivity index (χ1) is 25.4. The van der Waals surface area contributed by atoms with Gasteiger partial charge in [-0.2, -0.15) is 23.4 Å². The summed E-state index contributed by atoms with van der Waals surface area (Å²) in [5.41, 5.74) is 8.85. The Balaban J connectivity index is 0.000000204. The number of hydrogen-bond acceptors (Lipinski definition) is 8. The predicted octanol–water partition coefficient (Wildman–Crippen LogP) is 9.06. The van der Waals surface area contributed by atoms with E-state index >= 15 is 0 Å². The molecule has 3 N–H and O–H groups in total. The van der Waals surface area contributed by atoms with Crippen LogP contribution in [0.1, 0.15) is 15.9 Å². The van der Waals surface area contributed by atoms with Gasteiger partial charge in [0.15, 0.2) is 0 Å². The van der Waals surface area contributed by atoms with Crippen molar-refractivity contribution in [3.8, 4) is 45.5 Å². The van der Waals surface area contributed by atoms with Crippen molar-refractivity contribution in [1.82, 2.24) is 29.5 Å². The van der Waals surface area contributed by atoms with Crippen LogP contribution in [-0.4, -0.2) is 35.4 Å². The number of rotatable bonds is 8. The van der Waals surface area contributed by atoms with Crippen LogP contribution < -0.4 is 20.5 Å². The molecule has 53 heavy (non-hydrogen) atoms. The summed E-state index contributed by atoms with van der Waals surface area (Å²) in [7, 11) is 3.69. The molecule has 268 valence electrons. The second-order valence-electron chi connectivity index (χ2n) is 11.5. The number of anilines is 2. The fraction of sp³-hybridized carbons (Fsp3) is 0.0789. The highest BCUT2D eigenvalue weighted by Crippen LogP contribution is 2.35. The number of benzene rings is 3. The van der Waals surface area contributed by atoms with Gasteiger partial charge in [0.05, 0.1) is 34.4 Å². The summed E-state index contributed by atoms with van der Waals surface area (Å²) in [4.78, 5) is 21.0. The lowest BCUT2D eigenvalue weighted by Gasteiger charge is -2.12.